The third-order valence-corrected chi connectivity index (χ3v) is 1.33. The van der Waals surface area contributed by atoms with Gasteiger partial charge in [0.25, 0.3) is 0 Å². The third-order valence-electron chi connectivity index (χ3n) is 1.33. The maximum Gasteiger partial charge on any atom is 0.311 e. The Hall–Kier alpha value is -0.830. The van der Waals surface area contributed by atoms with Crippen molar-refractivity contribution >= 4 is 5.97 Å². The molecule has 0 aromatic rings. The SMILES string of the molecule is C=C[C@@H](O)[C@H](C)C(=O)OC. The highest BCUT2D eigenvalue weighted by atomic mass is 16.5. The molecule has 0 spiro atoms. The standard InChI is InChI=1S/C7H12O3/c1-4-6(8)5(2)7(9)10-3/h4-6,8H,1H2,2-3H3/t5-,6+/m0/s1. The lowest BCUT2D eigenvalue weighted by Gasteiger charge is -2.11. The van der Waals surface area contributed by atoms with E-state index in [0.717, 1.165) is 0 Å². The summed E-state index contributed by atoms with van der Waals surface area (Å²) in [5.74, 6) is -0.949. The fraction of sp³-hybridized carbons (Fsp3) is 0.571. The van der Waals surface area contributed by atoms with Crippen LogP contribution in [0.5, 0.6) is 0 Å². The van der Waals surface area contributed by atoms with Crippen LogP contribution in [0.2, 0.25) is 0 Å². The molecule has 0 rings (SSSR count). The van der Waals surface area contributed by atoms with E-state index in [1.54, 1.807) is 6.92 Å². The van der Waals surface area contributed by atoms with Gasteiger partial charge in [0.2, 0.25) is 0 Å². The highest BCUT2D eigenvalue weighted by Crippen LogP contribution is 2.04. The second kappa shape index (κ2) is 4.06. The Kier molecular flexibility index (Phi) is 3.72. The van der Waals surface area contributed by atoms with Crippen LogP contribution in [0.3, 0.4) is 0 Å². The highest BCUT2D eigenvalue weighted by Gasteiger charge is 2.19. The molecule has 3 heteroatoms. The molecule has 0 aliphatic heterocycles. The van der Waals surface area contributed by atoms with Crippen molar-refractivity contribution in [3.8, 4) is 0 Å². The lowest BCUT2D eigenvalue weighted by molar-refractivity contribution is -0.147. The molecule has 0 saturated carbocycles. The first kappa shape index (κ1) is 9.17. The average Bonchev–Trinajstić information content (AvgIpc) is 2.00. The van der Waals surface area contributed by atoms with Gasteiger partial charge in [0.1, 0.15) is 0 Å². The molecule has 0 amide bonds. The fourth-order valence-electron chi connectivity index (χ4n) is 0.529. The smallest absolute Gasteiger partial charge is 0.311 e. The predicted octanol–water partition coefficient (Wildman–Crippen LogP) is 0.342. The molecule has 0 aliphatic rings. The number of aliphatic hydroxyl groups is 1. The molecule has 1 N–H and O–H groups in total. The van der Waals surface area contributed by atoms with E-state index in [1.165, 1.54) is 13.2 Å². The molecule has 0 bridgehead atoms. The average molecular weight is 144 g/mol. The van der Waals surface area contributed by atoms with Crippen LogP contribution in [0.25, 0.3) is 0 Å². The Morgan fingerprint density at radius 3 is 2.60 bits per heavy atom. The van der Waals surface area contributed by atoms with Gasteiger partial charge >= 0.3 is 5.97 Å². The number of aliphatic hydroxyl groups excluding tert-OH is 1. The van der Waals surface area contributed by atoms with Crippen molar-refractivity contribution in [3.05, 3.63) is 12.7 Å². The molecule has 10 heavy (non-hydrogen) atoms. The molecule has 0 fully saturated rings. The van der Waals surface area contributed by atoms with Gasteiger partial charge < -0.3 is 9.84 Å². The first-order chi connectivity index (χ1) is 4.63. The third kappa shape index (κ3) is 2.19. The number of ether oxygens (including phenoxy) is 1. The zero-order valence-corrected chi connectivity index (χ0v) is 6.20. The molecule has 0 aromatic heterocycles. The molecule has 0 aliphatic carbocycles. The lowest BCUT2D eigenvalue weighted by Crippen LogP contribution is -2.24. The van der Waals surface area contributed by atoms with Gasteiger partial charge in [-0.3, -0.25) is 4.79 Å². The van der Waals surface area contributed by atoms with Gasteiger partial charge in [0.05, 0.1) is 19.1 Å². The van der Waals surface area contributed by atoms with Gasteiger partial charge in [0, 0.05) is 0 Å². The second-order valence-corrected chi connectivity index (χ2v) is 2.04. The summed E-state index contributed by atoms with van der Waals surface area (Å²) in [6.45, 7) is 4.92. The summed E-state index contributed by atoms with van der Waals surface area (Å²) in [7, 11) is 1.29. The summed E-state index contributed by atoms with van der Waals surface area (Å²) in [5, 5.41) is 9.01. The zero-order chi connectivity index (χ0) is 8.15. The predicted molar refractivity (Wildman–Crippen MR) is 37.4 cm³/mol. The van der Waals surface area contributed by atoms with Gasteiger partial charge in [-0.2, -0.15) is 0 Å². The van der Waals surface area contributed by atoms with E-state index in [2.05, 4.69) is 11.3 Å². The minimum Gasteiger partial charge on any atom is -0.469 e. The summed E-state index contributed by atoms with van der Waals surface area (Å²) >= 11 is 0. The number of hydrogen-bond acceptors (Lipinski definition) is 3. The van der Waals surface area contributed by atoms with Crippen LogP contribution in [0, 0.1) is 5.92 Å². The van der Waals surface area contributed by atoms with Gasteiger partial charge in [-0.05, 0) is 6.92 Å². The van der Waals surface area contributed by atoms with Crippen molar-refractivity contribution in [2.75, 3.05) is 7.11 Å². The fourth-order valence-corrected chi connectivity index (χ4v) is 0.529. The molecule has 3 nitrogen and oxygen atoms in total. The summed E-state index contributed by atoms with van der Waals surface area (Å²) in [4.78, 5) is 10.7. The first-order valence-electron chi connectivity index (χ1n) is 3.02. The number of methoxy groups -OCH3 is 1. The van der Waals surface area contributed by atoms with E-state index in [1.807, 2.05) is 0 Å². The number of esters is 1. The highest BCUT2D eigenvalue weighted by molar-refractivity contribution is 5.72. The van der Waals surface area contributed by atoms with Gasteiger partial charge in [-0.25, -0.2) is 0 Å². The second-order valence-electron chi connectivity index (χ2n) is 2.04. The molecule has 0 unspecified atom stereocenters. The van der Waals surface area contributed by atoms with Crippen LogP contribution in [0.15, 0.2) is 12.7 Å². The molecule has 0 aromatic carbocycles. The molecular formula is C7H12O3. The van der Waals surface area contributed by atoms with Crippen molar-refractivity contribution in [2.45, 2.75) is 13.0 Å². The van der Waals surface area contributed by atoms with Crippen LogP contribution < -0.4 is 0 Å². The van der Waals surface area contributed by atoms with Crippen molar-refractivity contribution in [1.29, 1.82) is 0 Å². The number of hydrogen-bond donors (Lipinski definition) is 1. The quantitative estimate of drug-likeness (QED) is 0.459. The molecule has 2 atom stereocenters. The number of carbonyl (C=O) groups excluding carboxylic acids is 1. The van der Waals surface area contributed by atoms with E-state index in [9.17, 15) is 4.79 Å². The van der Waals surface area contributed by atoms with Crippen molar-refractivity contribution in [3.63, 3.8) is 0 Å². The van der Waals surface area contributed by atoms with Crippen LogP contribution in [0.4, 0.5) is 0 Å². The monoisotopic (exact) mass is 144 g/mol. The summed E-state index contributed by atoms with van der Waals surface area (Å²) in [5.41, 5.74) is 0. The summed E-state index contributed by atoms with van der Waals surface area (Å²) in [6.07, 6.45) is 0.495. The molecule has 0 heterocycles. The Morgan fingerprint density at radius 1 is 1.80 bits per heavy atom. The minimum absolute atomic E-state index is 0.424. The van der Waals surface area contributed by atoms with Crippen molar-refractivity contribution in [2.24, 2.45) is 5.92 Å². The van der Waals surface area contributed by atoms with Crippen LogP contribution in [0.1, 0.15) is 6.92 Å². The maximum absolute atomic E-state index is 10.7. The summed E-state index contributed by atoms with van der Waals surface area (Å²) < 4.78 is 4.39. The summed E-state index contributed by atoms with van der Waals surface area (Å²) in [6, 6.07) is 0. The molecule has 58 valence electrons. The lowest BCUT2D eigenvalue weighted by atomic mass is 10.1. The Labute approximate surface area is 60.3 Å². The molecular weight excluding hydrogens is 132 g/mol. The Morgan fingerprint density at radius 2 is 2.30 bits per heavy atom. The minimum atomic E-state index is -0.813. The zero-order valence-electron chi connectivity index (χ0n) is 6.20. The van der Waals surface area contributed by atoms with Gasteiger partial charge in [-0.15, -0.1) is 6.58 Å². The van der Waals surface area contributed by atoms with E-state index in [0.29, 0.717) is 0 Å². The first-order valence-corrected chi connectivity index (χ1v) is 3.02. The largest absolute Gasteiger partial charge is 0.469 e. The normalized spacial score (nSPS) is 15.5. The Balaban J connectivity index is 3.93. The Bertz CT molecular complexity index is 131. The van der Waals surface area contributed by atoms with E-state index < -0.39 is 18.0 Å². The maximum atomic E-state index is 10.7. The van der Waals surface area contributed by atoms with Gasteiger partial charge in [0.15, 0.2) is 0 Å². The van der Waals surface area contributed by atoms with Gasteiger partial charge in [-0.1, -0.05) is 6.08 Å². The molecule has 0 radical (unpaired) electrons. The van der Waals surface area contributed by atoms with E-state index in [4.69, 9.17) is 5.11 Å². The van der Waals surface area contributed by atoms with Crippen LogP contribution in [-0.4, -0.2) is 24.3 Å². The van der Waals surface area contributed by atoms with Crippen LogP contribution in [-0.2, 0) is 9.53 Å². The molecule has 0 saturated heterocycles. The van der Waals surface area contributed by atoms with E-state index in [-0.39, 0.29) is 0 Å². The van der Waals surface area contributed by atoms with E-state index >= 15 is 0 Å². The topological polar surface area (TPSA) is 46.5 Å². The number of carbonyl (C=O) groups is 1. The van der Waals surface area contributed by atoms with Crippen molar-refractivity contribution < 1.29 is 14.6 Å². The van der Waals surface area contributed by atoms with Crippen LogP contribution >= 0.6 is 0 Å². The van der Waals surface area contributed by atoms with Crippen molar-refractivity contribution in [1.82, 2.24) is 0 Å². The number of rotatable bonds is 3.